The van der Waals surface area contributed by atoms with Gasteiger partial charge >= 0.3 is 5.97 Å². The predicted octanol–water partition coefficient (Wildman–Crippen LogP) is -1.48. The van der Waals surface area contributed by atoms with Gasteiger partial charge in [-0.05, 0) is 20.8 Å². The quantitative estimate of drug-likeness (QED) is 0.511. The molecule has 2 amide bonds. The maximum atomic E-state index is 11.6. The first-order valence-electron chi connectivity index (χ1n) is 5.23. The number of rotatable bonds is 5. The Hall–Kier alpha value is -1.63. The van der Waals surface area contributed by atoms with Crippen molar-refractivity contribution in [1.29, 1.82) is 0 Å². The second-order valence-electron chi connectivity index (χ2n) is 3.77. The summed E-state index contributed by atoms with van der Waals surface area (Å²) < 4.78 is 4.45. The fourth-order valence-electron chi connectivity index (χ4n) is 0.984. The van der Waals surface area contributed by atoms with Gasteiger partial charge in [0.1, 0.15) is 12.1 Å². The van der Waals surface area contributed by atoms with Crippen LogP contribution in [0.2, 0.25) is 0 Å². The third-order valence-corrected chi connectivity index (χ3v) is 2.08. The normalized spacial score (nSPS) is 15.4. The summed E-state index contributed by atoms with van der Waals surface area (Å²) in [7, 11) is 1.23. The van der Waals surface area contributed by atoms with Gasteiger partial charge < -0.3 is 21.1 Å². The van der Waals surface area contributed by atoms with Crippen molar-refractivity contribution in [2.24, 2.45) is 5.73 Å². The van der Waals surface area contributed by atoms with E-state index in [-0.39, 0.29) is 0 Å². The van der Waals surface area contributed by atoms with Crippen molar-refractivity contribution in [2.45, 2.75) is 38.9 Å². The molecule has 4 N–H and O–H groups in total. The van der Waals surface area contributed by atoms with Crippen LogP contribution in [0.1, 0.15) is 20.8 Å². The zero-order valence-corrected chi connectivity index (χ0v) is 10.4. The zero-order valence-electron chi connectivity index (χ0n) is 10.4. The van der Waals surface area contributed by atoms with Crippen molar-refractivity contribution in [2.75, 3.05) is 7.11 Å². The molecule has 0 aliphatic carbocycles. The highest BCUT2D eigenvalue weighted by molar-refractivity contribution is 5.91. The number of carbonyl (C=O) groups excluding carboxylic acids is 3. The third-order valence-electron chi connectivity index (χ3n) is 2.08. The van der Waals surface area contributed by atoms with Crippen LogP contribution in [-0.2, 0) is 19.1 Å². The molecule has 0 saturated heterocycles. The molecular formula is C10H19N3O4. The molecule has 0 spiro atoms. The van der Waals surface area contributed by atoms with E-state index in [9.17, 15) is 14.4 Å². The number of hydrogen-bond donors (Lipinski definition) is 3. The van der Waals surface area contributed by atoms with E-state index in [2.05, 4.69) is 15.4 Å². The molecule has 0 aromatic carbocycles. The molecule has 7 nitrogen and oxygen atoms in total. The Kier molecular flexibility index (Phi) is 6.19. The lowest BCUT2D eigenvalue weighted by Crippen LogP contribution is -2.52. The van der Waals surface area contributed by atoms with E-state index in [0.29, 0.717) is 0 Å². The maximum absolute atomic E-state index is 11.6. The van der Waals surface area contributed by atoms with Crippen molar-refractivity contribution >= 4 is 17.8 Å². The van der Waals surface area contributed by atoms with Gasteiger partial charge in [-0.15, -0.1) is 0 Å². The molecule has 0 aromatic heterocycles. The number of carbonyl (C=O) groups is 3. The summed E-state index contributed by atoms with van der Waals surface area (Å²) >= 11 is 0. The molecular weight excluding hydrogens is 226 g/mol. The molecule has 0 aromatic rings. The van der Waals surface area contributed by atoms with Crippen LogP contribution in [-0.4, -0.2) is 43.0 Å². The van der Waals surface area contributed by atoms with Gasteiger partial charge in [0, 0.05) is 0 Å². The first-order valence-corrected chi connectivity index (χ1v) is 5.23. The van der Waals surface area contributed by atoms with Crippen molar-refractivity contribution in [3.8, 4) is 0 Å². The Bertz CT molecular complexity index is 304. The number of methoxy groups -OCH3 is 1. The summed E-state index contributed by atoms with van der Waals surface area (Å²) in [4.78, 5) is 33.8. The minimum absolute atomic E-state index is 0.432. The SMILES string of the molecule is COC(=O)[C@H](C)NC(=O)[C@H](C)NC(=O)[C@@H](C)N. The average Bonchev–Trinajstić information content (AvgIpc) is 2.27. The van der Waals surface area contributed by atoms with E-state index in [1.807, 2.05) is 0 Å². The number of nitrogens with two attached hydrogens (primary N) is 1. The summed E-state index contributed by atoms with van der Waals surface area (Å²) in [5, 5.41) is 4.82. The van der Waals surface area contributed by atoms with Crippen LogP contribution in [0.15, 0.2) is 0 Å². The number of hydrogen-bond acceptors (Lipinski definition) is 5. The number of amides is 2. The Morgan fingerprint density at radius 2 is 1.47 bits per heavy atom. The number of esters is 1. The highest BCUT2D eigenvalue weighted by atomic mass is 16.5. The Morgan fingerprint density at radius 1 is 1.00 bits per heavy atom. The summed E-state index contributed by atoms with van der Waals surface area (Å²) in [6.45, 7) is 4.50. The lowest BCUT2D eigenvalue weighted by Gasteiger charge is -2.17. The smallest absolute Gasteiger partial charge is 0.328 e. The van der Waals surface area contributed by atoms with Gasteiger partial charge in [-0.2, -0.15) is 0 Å². The number of ether oxygens (including phenoxy) is 1. The molecule has 0 saturated carbocycles. The molecule has 0 unspecified atom stereocenters. The lowest BCUT2D eigenvalue weighted by molar-refractivity contribution is -0.144. The second kappa shape index (κ2) is 6.85. The Morgan fingerprint density at radius 3 is 1.88 bits per heavy atom. The predicted molar refractivity (Wildman–Crippen MR) is 60.9 cm³/mol. The third kappa shape index (κ3) is 5.30. The van der Waals surface area contributed by atoms with Gasteiger partial charge in [0.15, 0.2) is 0 Å². The maximum Gasteiger partial charge on any atom is 0.328 e. The first-order chi connectivity index (χ1) is 7.79. The monoisotopic (exact) mass is 245 g/mol. The van der Waals surface area contributed by atoms with Gasteiger partial charge in [0.2, 0.25) is 11.8 Å². The molecule has 7 heteroatoms. The summed E-state index contributed by atoms with van der Waals surface area (Å²) in [6, 6.07) is -2.22. The van der Waals surface area contributed by atoms with Crippen LogP contribution in [0.4, 0.5) is 0 Å². The fourth-order valence-corrected chi connectivity index (χ4v) is 0.984. The van der Waals surface area contributed by atoms with E-state index in [1.165, 1.54) is 27.9 Å². The van der Waals surface area contributed by atoms with Crippen LogP contribution in [0.3, 0.4) is 0 Å². The highest BCUT2D eigenvalue weighted by Crippen LogP contribution is 1.90. The van der Waals surface area contributed by atoms with E-state index >= 15 is 0 Å². The van der Waals surface area contributed by atoms with Crippen LogP contribution < -0.4 is 16.4 Å². The highest BCUT2D eigenvalue weighted by Gasteiger charge is 2.21. The van der Waals surface area contributed by atoms with Crippen molar-refractivity contribution in [1.82, 2.24) is 10.6 Å². The van der Waals surface area contributed by atoms with Gasteiger partial charge in [-0.25, -0.2) is 4.79 Å². The number of nitrogens with one attached hydrogen (secondary N) is 2. The standard InChI is InChI=1S/C10H19N3O4/c1-5(11)8(14)12-6(2)9(15)13-7(3)10(16)17-4/h5-7H,11H2,1-4H3,(H,12,14)(H,13,15)/t5-,6+,7+/m1/s1. The summed E-state index contributed by atoms with van der Waals surface area (Å²) in [6.07, 6.45) is 0. The largest absolute Gasteiger partial charge is 0.467 e. The van der Waals surface area contributed by atoms with Crippen molar-refractivity contribution in [3.63, 3.8) is 0 Å². The molecule has 0 heterocycles. The average molecular weight is 245 g/mol. The van der Waals surface area contributed by atoms with Crippen LogP contribution >= 0.6 is 0 Å². The molecule has 0 bridgehead atoms. The van der Waals surface area contributed by atoms with Gasteiger partial charge in [0.05, 0.1) is 13.2 Å². The minimum Gasteiger partial charge on any atom is -0.467 e. The molecule has 98 valence electrons. The van der Waals surface area contributed by atoms with Crippen molar-refractivity contribution < 1.29 is 19.1 Å². The van der Waals surface area contributed by atoms with Gasteiger partial charge in [0.25, 0.3) is 0 Å². The topological polar surface area (TPSA) is 111 Å². The van der Waals surface area contributed by atoms with Crippen LogP contribution in [0, 0.1) is 0 Å². The lowest BCUT2D eigenvalue weighted by atomic mass is 10.2. The molecule has 0 aliphatic rings. The van der Waals surface area contributed by atoms with E-state index in [1.54, 1.807) is 0 Å². The molecule has 0 radical (unpaired) electrons. The Balaban J connectivity index is 4.23. The molecule has 0 aliphatic heterocycles. The molecule has 3 atom stereocenters. The minimum atomic E-state index is -0.763. The van der Waals surface area contributed by atoms with Crippen LogP contribution in [0.5, 0.6) is 0 Å². The summed E-state index contributed by atoms with van der Waals surface area (Å²) in [5.41, 5.74) is 5.34. The van der Waals surface area contributed by atoms with Crippen LogP contribution in [0.25, 0.3) is 0 Å². The van der Waals surface area contributed by atoms with Gasteiger partial charge in [-0.3, -0.25) is 9.59 Å². The van der Waals surface area contributed by atoms with E-state index in [4.69, 9.17) is 5.73 Å². The molecule has 0 rings (SSSR count). The molecule has 17 heavy (non-hydrogen) atoms. The van der Waals surface area contributed by atoms with E-state index in [0.717, 1.165) is 0 Å². The molecule has 0 fully saturated rings. The second-order valence-corrected chi connectivity index (χ2v) is 3.77. The Labute approximate surface area is 100 Å². The first kappa shape index (κ1) is 15.4. The van der Waals surface area contributed by atoms with E-state index < -0.39 is 35.9 Å². The van der Waals surface area contributed by atoms with Gasteiger partial charge in [-0.1, -0.05) is 0 Å². The summed E-state index contributed by atoms with van der Waals surface area (Å²) in [5.74, 6) is -1.46. The van der Waals surface area contributed by atoms with Crippen molar-refractivity contribution in [3.05, 3.63) is 0 Å². The fraction of sp³-hybridized carbons (Fsp3) is 0.700. The zero-order chi connectivity index (χ0) is 13.6.